The highest BCUT2D eigenvalue weighted by Crippen LogP contribution is 2.35. The molecule has 8 heteroatoms. The zero-order valence-electron chi connectivity index (χ0n) is 14.9. The van der Waals surface area contributed by atoms with Crippen molar-refractivity contribution in [3.8, 4) is 11.5 Å². The van der Waals surface area contributed by atoms with E-state index in [-0.39, 0.29) is 18.4 Å². The van der Waals surface area contributed by atoms with Crippen LogP contribution in [-0.4, -0.2) is 29.9 Å². The summed E-state index contributed by atoms with van der Waals surface area (Å²) < 4.78 is 11.2. The maximum absolute atomic E-state index is 12.5. The van der Waals surface area contributed by atoms with Crippen molar-refractivity contribution in [1.29, 1.82) is 0 Å². The van der Waals surface area contributed by atoms with Crippen LogP contribution in [0.5, 0.6) is 11.5 Å². The molecule has 4 rings (SSSR count). The monoisotopic (exact) mass is 412 g/mol. The maximum atomic E-state index is 12.5. The minimum atomic E-state index is -0.213. The molecule has 0 aromatic heterocycles. The number of hydrogen-bond donors (Lipinski definition) is 1. The molecule has 0 saturated carbocycles. The van der Waals surface area contributed by atoms with Crippen LogP contribution in [0.1, 0.15) is 11.1 Å². The van der Waals surface area contributed by atoms with Crippen molar-refractivity contribution in [3.05, 3.63) is 58.5 Å². The molecule has 6 nitrogen and oxygen atoms in total. The van der Waals surface area contributed by atoms with E-state index < -0.39 is 0 Å². The molecule has 1 N–H and O–H groups in total. The Morgan fingerprint density at radius 1 is 1.25 bits per heavy atom. The first-order chi connectivity index (χ1) is 13.5. The van der Waals surface area contributed by atoms with E-state index in [2.05, 4.69) is 5.32 Å². The van der Waals surface area contributed by atoms with Gasteiger partial charge in [0.15, 0.2) is 6.61 Å². The van der Waals surface area contributed by atoms with Crippen molar-refractivity contribution in [2.75, 3.05) is 18.6 Å². The highest BCUT2D eigenvalue weighted by Gasteiger charge is 2.27. The van der Waals surface area contributed by atoms with Crippen LogP contribution >= 0.6 is 24.0 Å². The van der Waals surface area contributed by atoms with Gasteiger partial charge in [0, 0.05) is 0 Å². The van der Waals surface area contributed by atoms with Gasteiger partial charge in [-0.3, -0.25) is 9.59 Å². The van der Waals surface area contributed by atoms with Crippen molar-refractivity contribution in [1.82, 2.24) is 5.32 Å². The zero-order chi connectivity index (χ0) is 19.7. The molecule has 2 amide bonds. The quantitative estimate of drug-likeness (QED) is 0.615. The maximum Gasteiger partial charge on any atom is 0.265 e. The first-order valence-corrected chi connectivity index (χ1v) is 9.71. The third-order valence-corrected chi connectivity index (χ3v) is 5.53. The van der Waals surface area contributed by atoms with Gasteiger partial charge in [-0.2, -0.15) is 0 Å². The fourth-order valence-corrected chi connectivity index (χ4v) is 4.01. The van der Waals surface area contributed by atoms with Gasteiger partial charge in [0.2, 0.25) is 0 Å². The van der Waals surface area contributed by atoms with Crippen LogP contribution in [0.4, 0.5) is 5.69 Å². The summed E-state index contributed by atoms with van der Waals surface area (Å²) in [5.74, 6) is 1.06. The average molecular weight is 412 g/mol. The topological polar surface area (TPSA) is 67.9 Å². The SMILES string of the molecule is COc1ccc(CN2C(=O)COc3ccc(/C=C4/SC(=S)NC4=O)cc32)cc1. The van der Waals surface area contributed by atoms with Crippen LogP contribution in [0, 0.1) is 0 Å². The van der Waals surface area contributed by atoms with Crippen LogP contribution in [0.3, 0.4) is 0 Å². The smallest absolute Gasteiger partial charge is 0.265 e. The third-order valence-electron chi connectivity index (χ3n) is 4.37. The lowest BCUT2D eigenvalue weighted by molar-refractivity contribution is -0.121. The molecule has 2 aromatic rings. The predicted molar refractivity (Wildman–Crippen MR) is 112 cm³/mol. The van der Waals surface area contributed by atoms with Crippen molar-refractivity contribution in [2.24, 2.45) is 0 Å². The molecule has 0 unspecified atom stereocenters. The van der Waals surface area contributed by atoms with Crippen LogP contribution in [0.15, 0.2) is 47.4 Å². The number of nitrogens with zero attached hydrogens (tertiary/aromatic N) is 1. The molecule has 1 fully saturated rings. The van der Waals surface area contributed by atoms with Gasteiger partial charge >= 0.3 is 0 Å². The van der Waals surface area contributed by atoms with E-state index in [0.29, 0.717) is 27.2 Å². The molecule has 2 aliphatic heterocycles. The molecule has 0 bridgehead atoms. The van der Waals surface area contributed by atoms with Crippen LogP contribution in [-0.2, 0) is 16.1 Å². The number of carbonyl (C=O) groups is 2. The van der Waals surface area contributed by atoms with Crippen molar-refractivity contribution >= 4 is 51.9 Å². The number of rotatable bonds is 4. The fraction of sp³-hybridized carbons (Fsp3) is 0.150. The van der Waals surface area contributed by atoms with Crippen molar-refractivity contribution in [2.45, 2.75) is 6.54 Å². The summed E-state index contributed by atoms with van der Waals surface area (Å²) in [6, 6.07) is 13.1. The predicted octanol–water partition coefficient (Wildman–Crippen LogP) is 3.11. The Bertz CT molecular complexity index is 1000. The lowest BCUT2D eigenvalue weighted by atomic mass is 10.1. The Morgan fingerprint density at radius 2 is 2.04 bits per heavy atom. The minimum Gasteiger partial charge on any atom is -0.497 e. The lowest BCUT2D eigenvalue weighted by Gasteiger charge is -2.29. The van der Waals surface area contributed by atoms with E-state index in [4.69, 9.17) is 21.7 Å². The van der Waals surface area contributed by atoms with Gasteiger partial charge in [0.25, 0.3) is 11.8 Å². The number of amides is 2. The molecular formula is C20H16N2O4S2. The Hall–Kier alpha value is -2.84. The highest BCUT2D eigenvalue weighted by molar-refractivity contribution is 8.26. The molecule has 28 heavy (non-hydrogen) atoms. The molecule has 0 radical (unpaired) electrons. The number of thioether (sulfide) groups is 1. The largest absolute Gasteiger partial charge is 0.497 e. The summed E-state index contributed by atoms with van der Waals surface area (Å²) in [5.41, 5.74) is 2.44. The molecule has 0 spiro atoms. The highest BCUT2D eigenvalue weighted by atomic mass is 32.2. The number of benzene rings is 2. The number of carbonyl (C=O) groups excluding carboxylic acids is 2. The van der Waals surface area contributed by atoms with Gasteiger partial charge in [0.05, 0.1) is 24.2 Å². The zero-order valence-corrected chi connectivity index (χ0v) is 16.6. The third kappa shape index (κ3) is 3.74. The number of anilines is 1. The van der Waals surface area contributed by atoms with Crippen molar-refractivity contribution in [3.63, 3.8) is 0 Å². The van der Waals surface area contributed by atoms with Gasteiger partial charge < -0.3 is 19.7 Å². The van der Waals surface area contributed by atoms with E-state index >= 15 is 0 Å². The molecular weight excluding hydrogens is 396 g/mol. The first-order valence-electron chi connectivity index (χ1n) is 8.48. The Balaban J connectivity index is 1.65. The molecule has 0 atom stereocenters. The van der Waals surface area contributed by atoms with Crippen LogP contribution in [0.2, 0.25) is 0 Å². The van der Waals surface area contributed by atoms with E-state index in [1.54, 1.807) is 18.1 Å². The standard InChI is InChI=1S/C20H16N2O4S2/c1-25-14-5-2-12(3-6-14)10-22-15-8-13(4-7-16(15)26-11-18(22)23)9-17-19(24)21-20(27)28-17/h2-9H,10-11H2,1H3,(H,21,24,27)/b17-9+. The van der Waals surface area contributed by atoms with Crippen LogP contribution < -0.4 is 19.7 Å². The van der Waals surface area contributed by atoms with Gasteiger partial charge in [-0.15, -0.1) is 0 Å². The Morgan fingerprint density at radius 3 is 2.71 bits per heavy atom. The molecule has 2 aromatic carbocycles. The second-order valence-electron chi connectivity index (χ2n) is 6.20. The average Bonchev–Trinajstić information content (AvgIpc) is 3.01. The van der Waals surface area contributed by atoms with E-state index in [1.807, 2.05) is 42.5 Å². The van der Waals surface area contributed by atoms with Gasteiger partial charge in [-0.05, 0) is 41.5 Å². The minimum absolute atomic E-state index is 0.00385. The second-order valence-corrected chi connectivity index (χ2v) is 7.91. The summed E-state index contributed by atoms with van der Waals surface area (Å²) in [6.45, 7) is 0.411. The molecule has 1 saturated heterocycles. The number of ether oxygens (including phenoxy) is 2. The molecule has 0 aliphatic carbocycles. The number of hydrogen-bond acceptors (Lipinski definition) is 6. The second kappa shape index (κ2) is 7.65. The Labute approximate surface area is 171 Å². The van der Waals surface area contributed by atoms with Gasteiger partial charge in [0.1, 0.15) is 15.8 Å². The summed E-state index contributed by atoms with van der Waals surface area (Å²) in [7, 11) is 1.61. The summed E-state index contributed by atoms with van der Waals surface area (Å²) in [5, 5.41) is 2.59. The summed E-state index contributed by atoms with van der Waals surface area (Å²) >= 11 is 6.24. The Kier molecular flexibility index (Phi) is 5.06. The molecule has 142 valence electrons. The molecule has 2 heterocycles. The summed E-state index contributed by atoms with van der Waals surface area (Å²) in [6.07, 6.45) is 1.75. The van der Waals surface area contributed by atoms with Gasteiger partial charge in [-0.25, -0.2) is 0 Å². The number of fused-ring (bicyclic) bond motifs is 1. The van der Waals surface area contributed by atoms with Gasteiger partial charge in [-0.1, -0.05) is 42.2 Å². The normalized spacial score (nSPS) is 17.4. The number of nitrogens with one attached hydrogen (secondary N) is 1. The van der Waals surface area contributed by atoms with E-state index in [9.17, 15) is 9.59 Å². The van der Waals surface area contributed by atoms with Crippen molar-refractivity contribution < 1.29 is 19.1 Å². The number of methoxy groups -OCH3 is 1. The first kappa shape index (κ1) is 18.5. The van der Waals surface area contributed by atoms with E-state index in [0.717, 1.165) is 16.9 Å². The lowest BCUT2D eigenvalue weighted by Crippen LogP contribution is -2.38. The van der Waals surface area contributed by atoms with Crippen LogP contribution in [0.25, 0.3) is 6.08 Å². The summed E-state index contributed by atoms with van der Waals surface area (Å²) in [4.78, 5) is 26.6. The molecule has 2 aliphatic rings. The number of thiocarbonyl (C=S) groups is 1. The fourth-order valence-electron chi connectivity index (χ4n) is 2.97. The van der Waals surface area contributed by atoms with E-state index in [1.165, 1.54) is 11.8 Å².